The smallest absolute Gasteiger partial charge is 0.321 e. The van der Waals surface area contributed by atoms with Crippen LogP contribution in [0.1, 0.15) is 11.7 Å². The van der Waals surface area contributed by atoms with Crippen LogP contribution >= 0.6 is 11.3 Å². The van der Waals surface area contributed by atoms with E-state index < -0.39 is 12.1 Å². The Morgan fingerprint density at radius 1 is 1.22 bits per heavy atom. The van der Waals surface area contributed by atoms with Crippen molar-refractivity contribution in [3.05, 3.63) is 59.9 Å². The number of hydrogen-bond acceptors (Lipinski definition) is 4. The molecule has 1 heterocycles. The molecule has 1 unspecified atom stereocenters. The van der Waals surface area contributed by atoms with Crippen LogP contribution in [0.25, 0.3) is 10.2 Å². The molecule has 7 heteroatoms. The number of carbonyl (C=O) groups is 1. The number of para-hydroxylation sites is 1. The zero-order valence-electron chi connectivity index (χ0n) is 12.0. The van der Waals surface area contributed by atoms with Crippen LogP contribution in [0.4, 0.5) is 14.3 Å². The number of nitrogens with zero attached hydrogens (tertiary/aromatic N) is 1. The van der Waals surface area contributed by atoms with E-state index in [1.807, 2.05) is 24.3 Å². The van der Waals surface area contributed by atoms with Crippen molar-refractivity contribution in [3.8, 4) is 0 Å². The van der Waals surface area contributed by atoms with Gasteiger partial charge in [0.05, 0.1) is 16.3 Å². The number of benzene rings is 2. The number of hydrogen-bond donors (Lipinski definition) is 3. The Labute approximate surface area is 135 Å². The van der Waals surface area contributed by atoms with Gasteiger partial charge in [-0.2, -0.15) is 0 Å². The van der Waals surface area contributed by atoms with E-state index in [1.54, 1.807) is 0 Å². The summed E-state index contributed by atoms with van der Waals surface area (Å²) in [5.41, 5.74) is 1.35. The number of nitrogens with one attached hydrogen (secondary N) is 2. The molecule has 0 fully saturated rings. The summed E-state index contributed by atoms with van der Waals surface area (Å²) in [6.07, 6.45) is -0.906. The molecule has 0 saturated carbocycles. The molecule has 0 spiro atoms. The highest BCUT2D eigenvalue weighted by Gasteiger charge is 2.11. The second-order valence-electron chi connectivity index (χ2n) is 4.89. The third-order valence-electron chi connectivity index (χ3n) is 3.23. The number of amides is 2. The van der Waals surface area contributed by atoms with Gasteiger partial charge in [0.25, 0.3) is 0 Å². The molecule has 0 aliphatic carbocycles. The number of anilines is 1. The molecule has 2 amide bonds. The van der Waals surface area contributed by atoms with Gasteiger partial charge in [-0.15, -0.1) is 0 Å². The number of thiazole rings is 1. The number of aliphatic hydroxyl groups is 1. The number of aromatic nitrogens is 1. The minimum absolute atomic E-state index is 0.0162. The summed E-state index contributed by atoms with van der Waals surface area (Å²) in [5, 5.41) is 15.6. The lowest BCUT2D eigenvalue weighted by molar-refractivity contribution is 0.175. The van der Waals surface area contributed by atoms with E-state index in [9.17, 15) is 14.3 Å². The third kappa shape index (κ3) is 3.82. The van der Waals surface area contributed by atoms with E-state index in [4.69, 9.17) is 0 Å². The molecule has 1 aromatic heterocycles. The van der Waals surface area contributed by atoms with Gasteiger partial charge in [-0.1, -0.05) is 35.6 Å². The van der Waals surface area contributed by atoms with Gasteiger partial charge in [0.2, 0.25) is 0 Å². The lowest BCUT2D eigenvalue weighted by Gasteiger charge is -2.12. The summed E-state index contributed by atoms with van der Waals surface area (Å²) in [7, 11) is 0. The Kier molecular flexibility index (Phi) is 4.50. The van der Waals surface area contributed by atoms with Gasteiger partial charge in [0.15, 0.2) is 5.13 Å². The maximum atomic E-state index is 12.8. The minimum Gasteiger partial charge on any atom is -0.387 e. The molecule has 3 N–H and O–H groups in total. The molecule has 0 aliphatic rings. The zero-order valence-corrected chi connectivity index (χ0v) is 12.8. The van der Waals surface area contributed by atoms with Gasteiger partial charge >= 0.3 is 6.03 Å². The highest BCUT2D eigenvalue weighted by Crippen LogP contribution is 2.25. The number of aliphatic hydroxyl groups excluding tert-OH is 1. The highest BCUT2D eigenvalue weighted by molar-refractivity contribution is 7.22. The van der Waals surface area contributed by atoms with Crippen molar-refractivity contribution in [2.45, 2.75) is 6.10 Å². The van der Waals surface area contributed by atoms with Gasteiger partial charge in [0, 0.05) is 6.54 Å². The second kappa shape index (κ2) is 6.72. The van der Waals surface area contributed by atoms with E-state index in [1.165, 1.54) is 35.6 Å². The first kappa shape index (κ1) is 15.4. The summed E-state index contributed by atoms with van der Waals surface area (Å²) in [5.74, 6) is -0.373. The lowest BCUT2D eigenvalue weighted by atomic mass is 10.1. The average molecular weight is 331 g/mol. The molecule has 2 aromatic carbocycles. The summed E-state index contributed by atoms with van der Waals surface area (Å²) >= 11 is 1.37. The van der Waals surface area contributed by atoms with Crippen molar-refractivity contribution in [1.29, 1.82) is 0 Å². The molecule has 0 aliphatic heterocycles. The molecule has 0 radical (unpaired) electrons. The number of urea groups is 1. The predicted molar refractivity (Wildman–Crippen MR) is 88.0 cm³/mol. The van der Waals surface area contributed by atoms with Gasteiger partial charge in [-0.3, -0.25) is 5.32 Å². The largest absolute Gasteiger partial charge is 0.387 e. The van der Waals surface area contributed by atoms with Crippen molar-refractivity contribution in [2.75, 3.05) is 11.9 Å². The van der Waals surface area contributed by atoms with Crippen LogP contribution in [0.15, 0.2) is 48.5 Å². The SMILES string of the molecule is O=C(NCC(O)c1ccc(F)cc1)Nc1nc2ccccc2s1. The number of rotatable bonds is 4. The normalized spacial score (nSPS) is 12.1. The predicted octanol–water partition coefficient (Wildman–Crippen LogP) is 3.29. The van der Waals surface area contributed by atoms with Crippen LogP contribution in [0.5, 0.6) is 0 Å². The molecule has 3 rings (SSSR count). The van der Waals surface area contributed by atoms with E-state index in [0.29, 0.717) is 10.7 Å². The molecular formula is C16H14FN3O2S. The second-order valence-corrected chi connectivity index (χ2v) is 5.92. The monoisotopic (exact) mass is 331 g/mol. The molecular weight excluding hydrogens is 317 g/mol. The third-order valence-corrected chi connectivity index (χ3v) is 4.18. The molecule has 5 nitrogen and oxygen atoms in total. The van der Waals surface area contributed by atoms with Crippen molar-refractivity contribution in [1.82, 2.24) is 10.3 Å². The van der Waals surface area contributed by atoms with Crippen molar-refractivity contribution in [2.24, 2.45) is 0 Å². The van der Waals surface area contributed by atoms with Crippen LogP contribution in [0.2, 0.25) is 0 Å². The van der Waals surface area contributed by atoms with Gasteiger partial charge in [-0.05, 0) is 29.8 Å². The van der Waals surface area contributed by atoms with Crippen LogP contribution in [-0.2, 0) is 0 Å². The topological polar surface area (TPSA) is 74.2 Å². The Bertz CT molecular complexity index is 787. The summed E-state index contributed by atoms with van der Waals surface area (Å²) in [6, 6.07) is 12.6. The minimum atomic E-state index is -0.906. The summed E-state index contributed by atoms with van der Waals surface area (Å²) in [4.78, 5) is 16.1. The first-order valence-corrected chi connectivity index (χ1v) is 7.77. The van der Waals surface area contributed by atoms with Crippen LogP contribution in [0.3, 0.4) is 0 Å². The number of carbonyl (C=O) groups excluding carboxylic acids is 1. The van der Waals surface area contributed by atoms with E-state index >= 15 is 0 Å². The molecule has 0 saturated heterocycles. The van der Waals surface area contributed by atoms with E-state index in [-0.39, 0.29) is 12.4 Å². The standard InChI is InChI=1S/C16H14FN3O2S/c17-11-7-5-10(6-8-11)13(21)9-18-15(22)20-16-19-12-3-1-2-4-14(12)23-16/h1-8,13,21H,9H2,(H2,18,19,20,22). The van der Waals surface area contributed by atoms with Crippen LogP contribution < -0.4 is 10.6 Å². The molecule has 0 bridgehead atoms. The fourth-order valence-corrected chi connectivity index (χ4v) is 2.92. The van der Waals surface area contributed by atoms with Gasteiger partial charge < -0.3 is 10.4 Å². The Balaban J connectivity index is 1.55. The van der Waals surface area contributed by atoms with Gasteiger partial charge in [-0.25, -0.2) is 14.2 Å². The molecule has 23 heavy (non-hydrogen) atoms. The maximum Gasteiger partial charge on any atom is 0.321 e. The fraction of sp³-hybridized carbons (Fsp3) is 0.125. The first-order valence-electron chi connectivity index (χ1n) is 6.96. The summed E-state index contributed by atoms with van der Waals surface area (Å²) < 4.78 is 13.8. The first-order chi connectivity index (χ1) is 11.1. The molecule has 118 valence electrons. The lowest BCUT2D eigenvalue weighted by Crippen LogP contribution is -2.32. The zero-order chi connectivity index (χ0) is 16.2. The van der Waals surface area contributed by atoms with E-state index in [2.05, 4.69) is 15.6 Å². The van der Waals surface area contributed by atoms with Gasteiger partial charge in [0.1, 0.15) is 5.82 Å². The average Bonchev–Trinajstić information content (AvgIpc) is 2.95. The van der Waals surface area contributed by atoms with Crippen LogP contribution in [-0.4, -0.2) is 22.7 Å². The quantitative estimate of drug-likeness (QED) is 0.687. The molecule has 3 aromatic rings. The number of halogens is 1. The van der Waals surface area contributed by atoms with Crippen molar-refractivity contribution in [3.63, 3.8) is 0 Å². The van der Waals surface area contributed by atoms with Crippen molar-refractivity contribution >= 4 is 32.7 Å². The van der Waals surface area contributed by atoms with Crippen LogP contribution in [0, 0.1) is 5.82 Å². The van der Waals surface area contributed by atoms with Crippen molar-refractivity contribution < 1.29 is 14.3 Å². The Morgan fingerprint density at radius 2 is 1.96 bits per heavy atom. The number of fused-ring (bicyclic) bond motifs is 1. The Morgan fingerprint density at radius 3 is 2.70 bits per heavy atom. The highest BCUT2D eigenvalue weighted by atomic mass is 32.1. The fourth-order valence-electron chi connectivity index (χ4n) is 2.06. The summed E-state index contributed by atoms with van der Waals surface area (Å²) in [6.45, 7) is 0.0162. The van der Waals surface area contributed by atoms with E-state index in [0.717, 1.165) is 10.2 Å². The Hall–Kier alpha value is -2.51. The molecule has 1 atom stereocenters. The maximum absolute atomic E-state index is 12.8.